The topological polar surface area (TPSA) is 59.1 Å². The standard InChI is InChI=1S/C22H22N2O4/c25-21-12-16(22(26)23-9-3-5-15-4-1-2-6-18(15)23)14-24(21)17-7-8-19-20(13-17)28-11-10-27-19/h1-2,4,6-8,13,16H,3,5,9-12,14H2/t16-/m0/s1. The van der Waals surface area contributed by atoms with E-state index < -0.39 is 0 Å². The summed E-state index contributed by atoms with van der Waals surface area (Å²) in [6.45, 7) is 2.14. The number of rotatable bonds is 2. The highest BCUT2D eigenvalue weighted by Gasteiger charge is 2.38. The van der Waals surface area contributed by atoms with Crippen LogP contribution in [0, 0.1) is 5.92 Å². The van der Waals surface area contributed by atoms with Crippen LogP contribution < -0.4 is 19.3 Å². The molecule has 6 heteroatoms. The molecule has 3 heterocycles. The van der Waals surface area contributed by atoms with Crippen molar-refractivity contribution in [3.63, 3.8) is 0 Å². The molecule has 1 atom stereocenters. The van der Waals surface area contributed by atoms with Crippen molar-refractivity contribution in [2.45, 2.75) is 19.3 Å². The average molecular weight is 378 g/mol. The Morgan fingerprint density at radius 1 is 1.04 bits per heavy atom. The molecule has 1 saturated heterocycles. The molecule has 1 fully saturated rings. The first-order valence-corrected chi connectivity index (χ1v) is 9.80. The molecule has 144 valence electrons. The van der Waals surface area contributed by atoms with E-state index in [0.29, 0.717) is 37.8 Å². The zero-order valence-electron chi connectivity index (χ0n) is 15.6. The maximum atomic E-state index is 13.2. The molecule has 0 radical (unpaired) electrons. The van der Waals surface area contributed by atoms with E-state index in [-0.39, 0.29) is 24.2 Å². The Kier molecular flexibility index (Phi) is 4.19. The van der Waals surface area contributed by atoms with Gasteiger partial charge in [0.1, 0.15) is 13.2 Å². The van der Waals surface area contributed by atoms with Crippen molar-refractivity contribution in [2.75, 3.05) is 36.1 Å². The number of hydrogen-bond donors (Lipinski definition) is 0. The highest BCUT2D eigenvalue weighted by atomic mass is 16.6. The van der Waals surface area contributed by atoms with Gasteiger partial charge < -0.3 is 19.3 Å². The Balaban J connectivity index is 1.36. The number of benzene rings is 2. The maximum absolute atomic E-state index is 13.2. The molecule has 2 aromatic rings. The van der Waals surface area contributed by atoms with E-state index in [4.69, 9.17) is 9.47 Å². The van der Waals surface area contributed by atoms with E-state index in [9.17, 15) is 9.59 Å². The SMILES string of the molecule is O=C1C[C@H](C(=O)N2CCCc3ccccc32)CN1c1ccc2c(c1)OCCO2. The van der Waals surface area contributed by atoms with Crippen LogP contribution in [0.15, 0.2) is 42.5 Å². The molecule has 0 N–H and O–H groups in total. The molecule has 0 saturated carbocycles. The molecule has 0 aromatic heterocycles. The van der Waals surface area contributed by atoms with E-state index in [1.54, 1.807) is 4.90 Å². The van der Waals surface area contributed by atoms with Gasteiger partial charge in [-0.15, -0.1) is 0 Å². The fourth-order valence-electron chi connectivity index (χ4n) is 4.31. The number of amides is 2. The predicted molar refractivity (Wildman–Crippen MR) is 105 cm³/mol. The van der Waals surface area contributed by atoms with Crippen LogP contribution in [0.4, 0.5) is 11.4 Å². The molecule has 0 bridgehead atoms. The van der Waals surface area contributed by atoms with Crippen LogP contribution in [-0.4, -0.2) is 38.1 Å². The van der Waals surface area contributed by atoms with Crippen molar-refractivity contribution in [1.82, 2.24) is 0 Å². The third-order valence-electron chi connectivity index (χ3n) is 5.69. The van der Waals surface area contributed by atoms with Gasteiger partial charge in [-0.2, -0.15) is 0 Å². The number of anilines is 2. The zero-order chi connectivity index (χ0) is 19.1. The molecule has 0 spiro atoms. The zero-order valence-corrected chi connectivity index (χ0v) is 15.6. The summed E-state index contributed by atoms with van der Waals surface area (Å²) in [4.78, 5) is 29.4. The highest BCUT2D eigenvalue weighted by Crippen LogP contribution is 2.37. The molecule has 0 unspecified atom stereocenters. The second-order valence-electron chi connectivity index (χ2n) is 7.46. The van der Waals surface area contributed by atoms with Crippen molar-refractivity contribution < 1.29 is 19.1 Å². The van der Waals surface area contributed by atoms with Crippen LogP contribution in [0.1, 0.15) is 18.4 Å². The van der Waals surface area contributed by atoms with E-state index in [2.05, 4.69) is 6.07 Å². The largest absolute Gasteiger partial charge is 0.486 e. The van der Waals surface area contributed by atoms with Crippen molar-refractivity contribution >= 4 is 23.2 Å². The second kappa shape index (κ2) is 6.86. The number of nitrogens with zero attached hydrogens (tertiary/aromatic N) is 2. The van der Waals surface area contributed by atoms with Crippen LogP contribution in [0.2, 0.25) is 0 Å². The van der Waals surface area contributed by atoms with E-state index in [0.717, 1.165) is 24.2 Å². The van der Waals surface area contributed by atoms with Gasteiger partial charge in [0.25, 0.3) is 0 Å². The van der Waals surface area contributed by atoms with Gasteiger partial charge in [-0.1, -0.05) is 18.2 Å². The Morgan fingerprint density at radius 3 is 2.75 bits per heavy atom. The van der Waals surface area contributed by atoms with Gasteiger partial charge in [0.15, 0.2) is 11.5 Å². The third kappa shape index (κ3) is 2.89. The Morgan fingerprint density at radius 2 is 1.86 bits per heavy atom. The Bertz CT molecular complexity index is 942. The summed E-state index contributed by atoms with van der Waals surface area (Å²) < 4.78 is 11.2. The lowest BCUT2D eigenvalue weighted by Crippen LogP contribution is -2.40. The molecular formula is C22H22N2O4. The number of aryl methyl sites for hydroxylation is 1. The predicted octanol–water partition coefficient (Wildman–Crippen LogP) is 2.79. The molecule has 3 aliphatic rings. The lowest BCUT2D eigenvalue weighted by atomic mass is 9.99. The fraction of sp³-hybridized carbons (Fsp3) is 0.364. The molecule has 0 aliphatic carbocycles. The summed E-state index contributed by atoms with van der Waals surface area (Å²) in [5.74, 6) is 1.03. The molecule has 5 rings (SSSR count). The number of hydrogen-bond acceptors (Lipinski definition) is 4. The fourth-order valence-corrected chi connectivity index (χ4v) is 4.31. The molecular weight excluding hydrogens is 356 g/mol. The average Bonchev–Trinajstić information content (AvgIpc) is 3.14. The van der Waals surface area contributed by atoms with E-state index in [1.165, 1.54) is 5.56 Å². The number of carbonyl (C=O) groups is 2. The number of para-hydroxylation sites is 1. The van der Waals surface area contributed by atoms with Gasteiger partial charge in [0.2, 0.25) is 11.8 Å². The normalized spacial score (nSPS) is 20.9. The van der Waals surface area contributed by atoms with Gasteiger partial charge in [0, 0.05) is 37.0 Å². The molecule has 28 heavy (non-hydrogen) atoms. The van der Waals surface area contributed by atoms with Crippen LogP contribution in [0.5, 0.6) is 11.5 Å². The minimum Gasteiger partial charge on any atom is -0.486 e. The molecule has 2 aromatic carbocycles. The summed E-state index contributed by atoms with van der Waals surface area (Å²) in [5.41, 5.74) is 2.95. The van der Waals surface area contributed by atoms with Gasteiger partial charge in [-0.25, -0.2) is 0 Å². The van der Waals surface area contributed by atoms with Crippen LogP contribution >= 0.6 is 0 Å². The van der Waals surface area contributed by atoms with Gasteiger partial charge in [0.05, 0.1) is 5.92 Å². The van der Waals surface area contributed by atoms with Crippen molar-refractivity contribution in [3.05, 3.63) is 48.0 Å². The monoisotopic (exact) mass is 378 g/mol. The molecule has 2 amide bonds. The third-order valence-corrected chi connectivity index (χ3v) is 5.69. The first kappa shape index (κ1) is 17.1. The van der Waals surface area contributed by atoms with Crippen LogP contribution in [-0.2, 0) is 16.0 Å². The molecule has 6 nitrogen and oxygen atoms in total. The summed E-state index contributed by atoms with van der Waals surface area (Å²) in [7, 11) is 0. The van der Waals surface area contributed by atoms with Gasteiger partial charge in [-0.05, 0) is 36.6 Å². The van der Waals surface area contributed by atoms with Crippen molar-refractivity contribution in [3.8, 4) is 11.5 Å². The maximum Gasteiger partial charge on any atom is 0.232 e. The van der Waals surface area contributed by atoms with Crippen molar-refractivity contribution in [1.29, 1.82) is 0 Å². The van der Waals surface area contributed by atoms with E-state index in [1.807, 2.05) is 41.3 Å². The number of ether oxygens (including phenoxy) is 2. The first-order valence-electron chi connectivity index (χ1n) is 9.80. The quantitative estimate of drug-likeness (QED) is 0.806. The minimum atomic E-state index is -0.327. The Labute approximate surface area is 163 Å². The summed E-state index contributed by atoms with van der Waals surface area (Å²) >= 11 is 0. The smallest absolute Gasteiger partial charge is 0.232 e. The summed E-state index contributed by atoms with van der Waals surface area (Å²) in [5, 5.41) is 0. The second-order valence-corrected chi connectivity index (χ2v) is 7.46. The van der Waals surface area contributed by atoms with Gasteiger partial charge >= 0.3 is 0 Å². The lowest BCUT2D eigenvalue weighted by molar-refractivity contribution is -0.124. The van der Waals surface area contributed by atoms with Crippen molar-refractivity contribution in [2.24, 2.45) is 5.92 Å². The van der Waals surface area contributed by atoms with Gasteiger partial charge in [-0.3, -0.25) is 9.59 Å². The summed E-state index contributed by atoms with van der Waals surface area (Å²) in [6.07, 6.45) is 2.19. The summed E-state index contributed by atoms with van der Waals surface area (Å²) in [6, 6.07) is 13.6. The minimum absolute atomic E-state index is 0.0275. The lowest BCUT2D eigenvalue weighted by Gasteiger charge is -2.31. The van der Waals surface area contributed by atoms with E-state index >= 15 is 0 Å². The Hall–Kier alpha value is -3.02. The number of fused-ring (bicyclic) bond motifs is 2. The first-order chi connectivity index (χ1) is 13.7. The van der Waals surface area contributed by atoms with Crippen LogP contribution in [0.25, 0.3) is 0 Å². The van der Waals surface area contributed by atoms with Crippen LogP contribution in [0.3, 0.4) is 0 Å². The number of carbonyl (C=O) groups excluding carboxylic acids is 2. The highest BCUT2D eigenvalue weighted by molar-refractivity contribution is 6.05. The molecule has 3 aliphatic heterocycles.